The minimum atomic E-state index is -3.67. The van der Waals surface area contributed by atoms with Gasteiger partial charge in [-0.3, -0.25) is 0 Å². The number of halogens is 5. The molecule has 0 aromatic carbocycles. The molecule has 0 aliphatic carbocycles. The minimum absolute atomic E-state index is 0.169. The molecule has 0 nitrogen and oxygen atoms in total. The first-order valence-electron chi connectivity index (χ1n) is 2.14. The van der Waals surface area contributed by atoms with Gasteiger partial charge in [-0.1, -0.05) is 0 Å². The summed E-state index contributed by atoms with van der Waals surface area (Å²) in [7, 11) is 0. The van der Waals surface area contributed by atoms with Gasteiger partial charge in [-0.25, -0.2) is 22.0 Å². The van der Waals surface area contributed by atoms with Gasteiger partial charge in [0.05, 0.1) is 0 Å². The number of hydrogen-bond donors (Lipinski definition) is 0. The number of rotatable bonds is 2. The van der Waals surface area contributed by atoms with Gasteiger partial charge in [-0.05, 0) is 6.92 Å². The Bertz CT molecular complexity index is 77.0. The molecular formula is C4H5F5. The van der Waals surface area contributed by atoms with Crippen molar-refractivity contribution in [3.8, 4) is 0 Å². The lowest BCUT2D eigenvalue weighted by molar-refractivity contribution is -0.115. The van der Waals surface area contributed by atoms with Crippen LogP contribution in [0.4, 0.5) is 22.0 Å². The molecule has 0 unspecified atom stereocenters. The summed E-state index contributed by atoms with van der Waals surface area (Å²) < 4.78 is 56.7. The zero-order valence-electron chi connectivity index (χ0n) is 4.54. The van der Waals surface area contributed by atoms with E-state index < -0.39 is 18.5 Å². The Labute approximate surface area is 48.7 Å². The van der Waals surface area contributed by atoms with Crippen LogP contribution in [0.3, 0.4) is 0 Å². The fourth-order valence-electron chi connectivity index (χ4n) is 0.0952. The summed E-state index contributed by atoms with van der Waals surface area (Å²) in [6.45, 7) is 0.169. The highest BCUT2D eigenvalue weighted by molar-refractivity contribution is 4.78. The van der Waals surface area contributed by atoms with Gasteiger partial charge < -0.3 is 0 Å². The van der Waals surface area contributed by atoms with Crippen LogP contribution < -0.4 is 0 Å². The van der Waals surface area contributed by atoms with E-state index in [9.17, 15) is 22.0 Å². The first-order chi connectivity index (χ1) is 3.89. The molecule has 0 aliphatic rings. The first-order valence-corrected chi connectivity index (χ1v) is 2.14. The molecule has 0 aliphatic heterocycles. The van der Waals surface area contributed by atoms with Crippen LogP contribution in [0.25, 0.3) is 0 Å². The van der Waals surface area contributed by atoms with Crippen LogP contribution in [0.1, 0.15) is 6.92 Å². The second-order valence-electron chi connectivity index (χ2n) is 1.75. The van der Waals surface area contributed by atoms with Gasteiger partial charge in [0.2, 0.25) is 5.67 Å². The predicted molar refractivity (Wildman–Crippen MR) is 21.5 cm³/mol. The lowest BCUT2D eigenvalue weighted by Gasteiger charge is -2.16. The van der Waals surface area contributed by atoms with Gasteiger partial charge in [0.25, 0.3) is 12.9 Å². The van der Waals surface area contributed by atoms with Crippen LogP contribution in [0, 0.1) is 0 Å². The van der Waals surface area contributed by atoms with Crippen molar-refractivity contribution in [3.05, 3.63) is 0 Å². The number of hydrogen-bond acceptors (Lipinski definition) is 0. The molecule has 0 saturated heterocycles. The van der Waals surface area contributed by atoms with Gasteiger partial charge in [-0.15, -0.1) is 0 Å². The van der Waals surface area contributed by atoms with E-state index >= 15 is 0 Å². The quantitative estimate of drug-likeness (QED) is 0.527. The molecule has 0 spiro atoms. The van der Waals surface area contributed by atoms with E-state index in [1.54, 1.807) is 0 Å². The van der Waals surface area contributed by atoms with E-state index in [0.29, 0.717) is 0 Å². The average molecular weight is 148 g/mol. The van der Waals surface area contributed by atoms with Crippen LogP contribution in [-0.2, 0) is 0 Å². The van der Waals surface area contributed by atoms with E-state index in [0.717, 1.165) is 0 Å². The molecule has 0 fully saturated rings. The highest BCUT2D eigenvalue weighted by Crippen LogP contribution is 2.27. The Morgan fingerprint density at radius 2 is 1.22 bits per heavy atom. The van der Waals surface area contributed by atoms with Gasteiger partial charge in [-0.2, -0.15) is 0 Å². The predicted octanol–water partition coefficient (Wildman–Crippen LogP) is 2.24. The first kappa shape index (κ1) is 8.65. The molecule has 0 heterocycles. The Hall–Kier alpha value is -0.350. The maximum absolute atomic E-state index is 11.8. The largest absolute Gasteiger partial charge is 0.277 e. The van der Waals surface area contributed by atoms with Crippen LogP contribution in [0.5, 0.6) is 0 Å². The summed E-state index contributed by atoms with van der Waals surface area (Å²) in [6.07, 6.45) is -7.25. The van der Waals surface area contributed by atoms with Gasteiger partial charge in [0.15, 0.2) is 0 Å². The highest BCUT2D eigenvalue weighted by Gasteiger charge is 2.44. The van der Waals surface area contributed by atoms with Crippen LogP contribution >= 0.6 is 0 Å². The second kappa shape index (κ2) is 2.49. The van der Waals surface area contributed by atoms with Gasteiger partial charge in [0.1, 0.15) is 0 Å². The maximum atomic E-state index is 11.8. The van der Waals surface area contributed by atoms with E-state index in [-0.39, 0.29) is 6.92 Å². The molecular weight excluding hydrogens is 143 g/mol. The van der Waals surface area contributed by atoms with Crippen LogP contribution in [0.2, 0.25) is 0 Å². The van der Waals surface area contributed by atoms with Crippen LogP contribution in [0.15, 0.2) is 0 Å². The Morgan fingerprint density at radius 1 is 1.00 bits per heavy atom. The molecule has 0 aromatic rings. The minimum Gasteiger partial charge on any atom is -0.231 e. The summed E-state index contributed by atoms with van der Waals surface area (Å²) in [5, 5.41) is 0. The molecule has 0 N–H and O–H groups in total. The van der Waals surface area contributed by atoms with E-state index in [1.165, 1.54) is 0 Å². The maximum Gasteiger partial charge on any atom is 0.277 e. The van der Waals surface area contributed by atoms with Crippen LogP contribution in [-0.4, -0.2) is 18.5 Å². The summed E-state index contributed by atoms with van der Waals surface area (Å²) in [4.78, 5) is 0. The monoisotopic (exact) mass is 148 g/mol. The van der Waals surface area contributed by atoms with Crippen molar-refractivity contribution in [2.45, 2.75) is 25.4 Å². The van der Waals surface area contributed by atoms with Gasteiger partial charge in [0, 0.05) is 0 Å². The lowest BCUT2D eigenvalue weighted by atomic mass is 10.1. The number of alkyl halides is 5. The summed E-state index contributed by atoms with van der Waals surface area (Å²) in [6, 6.07) is 0. The SMILES string of the molecule is CC(F)(C(F)F)C(F)F. The van der Waals surface area contributed by atoms with Crippen molar-refractivity contribution in [1.82, 2.24) is 0 Å². The smallest absolute Gasteiger partial charge is 0.231 e. The molecule has 0 saturated carbocycles. The van der Waals surface area contributed by atoms with E-state index in [2.05, 4.69) is 0 Å². The Kier molecular flexibility index (Phi) is 2.40. The molecule has 9 heavy (non-hydrogen) atoms. The standard InChI is InChI=1S/C4H5F5/c1-4(9,2(5)6)3(7)8/h2-3H,1H3. The molecule has 5 heteroatoms. The zero-order chi connectivity index (χ0) is 7.65. The molecule has 0 rings (SSSR count). The summed E-state index contributed by atoms with van der Waals surface area (Å²) in [5.41, 5.74) is -3.67. The van der Waals surface area contributed by atoms with Crippen molar-refractivity contribution in [1.29, 1.82) is 0 Å². The third-order valence-electron chi connectivity index (χ3n) is 0.853. The molecule has 0 amide bonds. The lowest BCUT2D eigenvalue weighted by Crippen LogP contribution is -2.36. The third-order valence-corrected chi connectivity index (χ3v) is 0.853. The zero-order valence-corrected chi connectivity index (χ0v) is 4.54. The fourth-order valence-corrected chi connectivity index (χ4v) is 0.0952. The topological polar surface area (TPSA) is 0 Å². The van der Waals surface area contributed by atoms with Crippen molar-refractivity contribution in [3.63, 3.8) is 0 Å². The van der Waals surface area contributed by atoms with Crippen molar-refractivity contribution >= 4 is 0 Å². The Morgan fingerprint density at radius 3 is 1.22 bits per heavy atom. The molecule has 0 atom stereocenters. The van der Waals surface area contributed by atoms with Crippen molar-refractivity contribution in [2.75, 3.05) is 0 Å². The molecule has 0 radical (unpaired) electrons. The second-order valence-corrected chi connectivity index (χ2v) is 1.75. The molecule has 56 valence electrons. The Balaban J connectivity index is 4.01. The normalized spacial score (nSPS) is 13.3. The van der Waals surface area contributed by atoms with Crippen molar-refractivity contribution in [2.24, 2.45) is 0 Å². The summed E-state index contributed by atoms with van der Waals surface area (Å²) in [5.74, 6) is 0. The van der Waals surface area contributed by atoms with E-state index in [4.69, 9.17) is 0 Å². The summed E-state index contributed by atoms with van der Waals surface area (Å²) >= 11 is 0. The molecule has 0 bridgehead atoms. The third kappa shape index (κ3) is 1.80. The average Bonchev–Trinajstić information content (AvgIpc) is 1.65. The molecule has 0 aromatic heterocycles. The highest BCUT2D eigenvalue weighted by atomic mass is 19.3. The van der Waals surface area contributed by atoms with Gasteiger partial charge >= 0.3 is 0 Å². The van der Waals surface area contributed by atoms with Crippen molar-refractivity contribution < 1.29 is 22.0 Å². The van der Waals surface area contributed by atoms with E-state index in [1.807, 2.05) is 0 Å². The fraction of sp³-hybridized carbons (Fsp3) is 1.00.